The third-order valence-electron chi connectivity index (χ3n) is 6.99. The highest BCUT2D eigenvalue weighted by Gasteiger charge is 2.15. The zero-order chi connectivity index (χ0) is 26.9. The van der Waals surface area contributed by atoms with E-state index in [1.165, 1.54) is 5.56 Å². The van der Waals surface area contributed by atoms with Crippen LogP contribution in [0.3, 0.4) is 0 Å². The van der Waals surface area contributed by atoms with Crippen molar-refractivity contribution in [3.63, 3.8) is 0 Å². The van der Waals surface area contributed by atoms with E-state index in [0.717, 1.165) is 73.3 Å². The van der Waals surface area contributed by atoms with E-state index in [1.807, 2.05) is 61.3 Å². The van der Waals surface area contributed by atoms with Gasteiger partial charge in [-0.15, -0.1) is 0 Å². The first kappa shape index (κ1) is 23.5. The van der Waals surface area contributed by atoms with Gasteiger partial charge in [0, 0.05) is 64.4 Å². The summed E-state index contributed by atoms with van der Waals surface area (Å²) in [5.74, 6) is 0. The lowest BCUT2D eigenvalue weighted by Gasteiger charge is -2.11. The molecule has 0 aliphatic heterocycles. The number of nitrogens with one attached hydrogen (secondary N) is 3. The van der Waals surface area contributed by atoms with Crippen LogP contribution in [-0.2, 0) is 6.42 Å². The van der Waals surface area contributed by atoms with E-state index in [4.69, 9.17) is 0 Å². The normalized spacial score (nSPS) is 11.2. The van der Waals surface area contributed by atoms with Crippen molar-refractivity contribution in [2.75, 3.05) is 5.32 Å². The minimum atomic E-state index is 0.748. The van der Waals surface area contributed by atoms with Crippen LogP contribution in [0.2, 0.25) is 0 Å². The van der Waals surface area contributed by atoms with Crippen molar-refractivity contribution in [2.24, 2.45) is 0 Å². The number of benzene rings is 2. The molecule has 0 bridgehead atoms. The molecule has 7 rings (SSSR count). The van der Waals surface area contributed by atoms with E-state index in [2.05, 4.69) is 84.5 Å². The van der Waals surface area contributed by atoms with Crippen LogP contribution >= 0.6 is 0 Å². The molecule has 2 aromatic carbocycles. The first-order valence-corrected chi connectivity index (χ1v) is 13.0. The number of nitrogens with zero attached hydrogens (tertiary/aromatic N) is 4. The second kappa shape index (κ2) is 9.96. The van der Waals surface area contributed by atoms with Gasteiger partial charge in [-0.25, -0.2) is 0 Å². The van der Waals surface area contributed by atoms with E-state index in [0.29, 0.717) is 0 Å². The van der Waals surface area contributed by atoms with Gasteiger partial charge in [-0.05, 0) is 41.5 Å². The molecule has 0 unspecified atom stereocenters. The summed E-state index contributed by atoms with van der Waals surface area (Å²) in [6.07, 6.45) is 11.8. The van der Waals surface area contributed by atoms with Gasteiger partial charge in [0.05, 0.1) is 34.8 Å². The highest BCUT2D eigenvalue weighted by molar-refractivity contribution is 6.01. The Bertz CT molecular complexity index is 1970. The molecule has 0 atom stereocenters. The molecular formula is C33H25N7. The largest absolute Gasteiger partial charge is 0.358 e. The van der Waals surface area contributed by atoms with Gasteiger partial charge < -0.3 is 10.3 Å². The van der Waals surface area contributed by atoms with Crippen LogP contribution < -0.4 is 5.32 Å². The molecule has 7 heteroatoms. The highest BCUT2D eigenvalue weighted by atomic mass is 15.1. The Morgan fingerprint density at radius 2 is 1.60 bits per heavy atom. The quantitative estimate of drug-likeness (QED) is 0.204. The standard InChI is InChI=1S/C33H25N7/c1-21(12-22-6-3-2-4-7-22)37-26-13-25(17-35-18-26)23-9-10-30-28(14-23)33(40-39-30)31-15-27-29(19-36-20-32(27)38-31)24-8-5-11-34-16-24/h2-11,13-20,37-38H,1,12H2,(H,39,40). The summed E-state index contributed by atoms with van der Waals surface area (Å²) in [7, 11) is 0. The van der Waals surface area contributed by atoms with E-state index in [-0.39, 0.29) is 0 Å². The van der Waals surface area contributed by atoms with Crippen LogP contribution in [0.5, 0.6) is 0 Å². The van der Waals surface area contributed by atoms with Crippen LogP contribution in [-0.4, -0.2) is 30.1 Å². The minimum Gasteiger partial charge on any atom is -0.358 e. The number of hydrogen-bond donors (Lipinski definition) is 3. The predicted octanol–water partition coefficient (Wildman–Crippen LogP) is 7.40. The average molecular weight is 520 g/mol. The molecule has 7 nitrogen and oxygen atoms in total. The summed E-state index contributed by atoms with van der Waals surface area (Å²) in [5.41, 5.74) is 10.8. The average Bonchev–Trinajstić information content (AvgIpc) is 3.62. The van der Waals surface area contributed by atoms with Crippen molar-refractivity contribution in [1.82, 2.24) is 30.1 Å². The van der Waals surface area contributed by atoms with Crippen molar-refractivity contribution in [3.05, 3.63) is 128 Å². The maximum atomic E-state index is 4.67. The Kier molecular flexibility index (Phi) is 5.86. The zero-order valence-electron chi connectivity index (χ0n) is 21.6. The fraction of sp³-hybridized carbons (Fsp3) is 0.0303. The number of anilines is 1. The first-order valence-electron chi connectivity index (χ1n) is 13.0. The second-order valence-corrected chi connectivity index (χ2v) is 9.76. The molecule has 0 saturated carbocycles. The van der Waals surface area contributed by atoms with Crippen LogP contribution in [0.15, 0.2) is 122 Å². The Morgan fingerprint density at radius 1 is 0.725 bits per heavy atom. The third kappa shape index (κ3) is 4.50. The molecule has 5 aromatic heterocycles. The third-order valence-corrected chi connectivity index (χ3v) is 6.99. The molecule has 192 valence electrons. The molecule has 0 radical (unpaired) electrons. The Labute approximate surface area is 230 Å². The SMILES string of the molecule is C=C(Cc1ccccc1)Nc1cncc(-c2ccc3[nH]nc(-c4cc5c(-c6cccnc6)cncc5[nH]4)c3c2)c1. The molecule has 0 fully saturated rings. The number of aromatic nitrogens is 6. The fourth-order valence-electron chi connectivity index (χ4n) is 5.09. The number of rotatable bonds is 7. The predicted molar refractivity (Wildman–Crippen MR) is 161 cm³/mol. The van der Waals surface area contributed by atoms with Crippen molar-refractivity contribution < 1.29 is 0 Å². The van der Waals surface area contributed by atoms with Crippen LogP contribution in [0.25, 0.3) is 55.4 Å². The van der Waals surface area contributed by atoms with Gasteiger partial charge in [0.2, 0.25) is 0 Å². The smallest absolute Gasteiger partial charge is 0.116 e. The molecule has 5 heterocycles. The summed E-state index contributed by atoms with van der Waals surface area (Å²) in [6, 6.07) is 24.8. The van der Waals surface area contributed by atoms with Crippen LogP contribution in [0.4, 0.5) is 5.69 Å². The number of fused-ring (bicyclic) bond motifs is 2. The van der Waals surface area contributed by atoms with E-state index in [1.54, 1.807) is 6.20 Å². The summed E-state index contributed by atoms with van der Waals surface area (Å²) < 4.78 is 0. The second-order valence-electron chi connectivity index (χ2n) is 9.76. The fourth-order valence-corrected chi connectivity index (χ4v) is 5.09. The molecule has 40 heavy (non-hydrogen) atoms. The maximum absolute atomic E-state index is 4.67. The number of aromatic amines is 2. The van der Waals surface area contributed by atoms with Crippen molar-refractivity contribution in [3.8, 4) is 33.6 Å². The van der Waals surface area contributed by atoms with Crippen molar-refractivity contribution in [2.45, 2.75) is 6.42 Å². The molecule has 0 aliphatic carbocycles. The van der Waals surface area contributed by atoms with Gasteiger partial charge in [-0.3, -0.25) is 20.1 Å². The first-order chi connectivity index (χ1) is 19.7. The molecule has 0 saturated heterocycles. The molecule has 0 amide bonds. The number of allylic oxidation sites excluding steroid dienone is 1. The van der Waals surface area contributed by atoms with Gasteiger partial charge in [0.25, 0.3) is 0 Å². The zero-order valence-corrected chi connectivity index (χ0v) is 21.6. The Morgan fingerprint density at radius 3 is 2.48 bits per heavy atom. The van der Waals surface area contributed by atoms with Crippen LogP contribution in [0, 0.1) is 0 Å². The van der Waals surface area contributed by atoms with Gasteiger partial charge in [0.1, 0.15) is 5.69 Å². The summed E-state index contributed by atoms with van der Waals surface area (Å²) in [6.45, 7) is 4.21. The van der Waals surface area contributed by atoms with Crippen molar-refractivity contribution in [1.29, 1.82) is 0 Å². The molecule has 0 spiro atoms. The number of pyridine rings is 3. The molecular weight excluding hydrogens is 494 g/mol. The van der Waals surface area contributed by atoms with Crippen LogP contribution in [0.1, 0.15) is 5.56 Å². The maximum Gasteiger partial charge on any atom is 0.116 e. The lowest BCUT2D eigenvalue weighted by molar-refractivity contribution is 1.12. The van der Waals surface area contributed by atoms with E-state index < -0.39 is 0 Å². The Balaban J connectivity index is 1.21. The van der Waals surface area contributed by atoms with Gasteiger partial charge in [0.15, 0.2) is 0 Å². The summed E-state index contributed by atoms with van der Waals surface area (Å²) in [5, 5.41) is 13.4. The minimum absolute atomic E-state index is 0.748. The number of H-pyrrole nitrogens is 2. The van der Waals surface area contributed by atoms with E-state index >= 15 is 0 Å². The monoisotopic (exact) mass is 519 g/mol. The van der Waals surface area contributed by atoms with Crippen molar-refractivity contribution >= 4 is 27.5 Å². The summed E-state index contributed by atoms with van der Waals surface area (Å²) >= 11 is 0. The molecule has 7 aromatic rings. The van der Waals surface area contributed by atoms with Gasteiger partial charge >= 0.3 is 0 Å². The molecule has 3 N–H and O–H groups in total. The van der Waals surface area contributed by atoms with Gasteiger partial charge in [-0.1, -0.05) is 49.0 Å². The number of hydrogen-bond acceptors (Lipinski definition) is 5. The molecule has 0 aliphatic rings. The summed E-state index contributed by atoms with van der Waals surface area (Å²) in [4.78, 5) is 16.7. The topological polar surface area (TPSA) is 95.2 Å². The van der Waals surface area contributed by atoms with Gasteiger partial charge in [-0.2, -0.15) is 5.10 Å². The lowest BCUT2D eigenvalue weighted by Crippen LogP contribution is -2.02. The highest BCUT2D eigenvalue weighted by Crippen LogP contribution is 2.35. The lowest BCUT2D eigenvalue weighted by atomic mass is 10.0. The Hall–Kier alpha value is -5.56. The van der Waals surface area contributed by atoms with E-state index in [9.17, 15) is 0 Å².